The Balaban J connectivity index is 1.59. The molecule has 1 aliphatic rings. The van der Waals surface area contributed by atoms with Gasteiger partial charge in [0.25, 0.3) is 5.89 Å². The maximum Gasteiger partial charge on any atom is 0.258 e. The molecule has 1 amide bonds. The molecule has 5 nitrogen and oxygen atoms in total. The molecule has 0 unspecified atom stereocenters. The molecule has 23 heavy (non-hydrogen) atoms. The van der Waals surface area contributed by atoms with Crippen molar-refractivity contribution in [1.29, 1.82) is 0 Å². The SMILES string of the molecule is CC(C)=C[C@H]1[C@H](C(=O)NCc2noc(-c3ccsc3)n2)C1(C)C. The molecular formula is C17H21N3O2S. The van der Waals surface area contributed by atoms with Crippen LogP contribution >= 0.6 is 11.3 Å². The number of thiophene rings is 1. The maximum atomic E-state index is 12.4. The van der Waals surface area contributed by atoms with E-state index in [9.17, 15) is 4.79 Å². The quantitative estimate of drug-likeness (QED) is 0.849. The summed E-state index contributed by atoms with van der Waals surface area (Å²) in [5, 5.41) is 10.8. The molecule has 2 atom stereocenters. The zero-order valence-corrected chi connectivity index (χ0v) is 14.6. The first-order chi connectivity index (χ1) is 10.9. The minimum absolute atomic E-state index is 0.0143. The van der Waals surface area contributed by atoms with Crippen LogP contribution in [0.2, 0.25) is 0 Å². The van der Waals surface area contributed by atoms with Gasteiger partial charge in [0.2, 0.25) is 5.91 Å². The number of nitrogens with zero attached hydrogens (tertiary/aromatic N) is 2. The average Bonchev–Trinajstić information content (AvgIpc) is 2.96. The van der Waals surface area contributed by atoms with E-state index in [0.717, 1.165) is 5.56 Å². The highest BCUT2D eigenvalue weighted by Crippen LogP contribution is 2.59. The summed E-state index contributed by atoms with van der Waals surface area (Å²) in [5.41, 5.74) is 2.17. The molecule has 0 spiro atoms. The number of hydrogen-bond donors (Lipinski definition) is 1. The summed E-state index contributed by atoms with van der Waals surface area (Å²) < 4.78 is 5.22. The summed E-state index contributed by atoms with van der Waals surface area (Å²) in [6.45, 7) is 8.68. The molecule has 1 N–H and O–H groups in total. The van der Waals surface area contributed by atoms with Crippen LogP contribution in [0.1, 0.15) is 33.5 Å². The lowest BCUT2D eigenvalue weighted by atomic mass is 10.1. The van der Waals surface area contributed by atoms with Crippen molar-refractivity contribution < 1.29 is 9.32 Å². The van der Waals surface area contributed by atoms with Gasteiger partial charge in [0.05, 0.1) is 18.0 Å². The van der Waals surface area contributed by atoms with Crippen LogP contribution in [-0.2, 0) is 11.3 Å². The van der Waals surface area contributed by atoms with Gasteiger partial charge in [0.15, 0.2) is 5.82 Å². The lowest BCUT2D eigenvalue weighted by Gasteiger charge is -2.03. The molecule has 2 aromatic rings. The van der Waals surface area contributed by atoms with E-state index in [0.29, 0.717) is 24.2 Å². The second-order valence-electron chi connectivity index (χ2n) is 6.81. The molecule has 0 bridgehead atoms. The van der Waals surface area contributed by atoms with Crippen LogP contribution in [-0.4, -0.2) is 16.0 Å². The van der Waals surface area contributed by atoms with Gasteiger partial charge in [-0.15, -0.1) is 0 Å². The number of hydrogen-bond acceptors (Lipinski definition) is 5. The molecule has 3 rings (SSSR count). The Bertz CT molecular complexity index is 727. The summed E-state index contributed by atoms with van der Waals surface area (Å²) in [7, 11) is 0. The van der Waals surface area contributed by atoms with Crippen molar-refractivity contribution in [3.8, 4) is 11.5 Å². The lowest BCUT2D eigenvalue weighted by Crippen LogP contribution is -2.26. The van der Waals surface area contributed by atoms with Crippen LogP contribution < -0.4 is 5.32 Å². The Morgan fingerprint density at radius 2 is 2.26 bits per heavy atom. The van der Waals surface area contributed by atoms with Gasteiger partial charge in [-0.3, -0.25) is 4.79 Å². The Hall–Kier alpha value is -1.95. The third-order valence-electron chi connectivity index (χ3n) is 4.36. The Morgan fingerprint density at radius 3 is 2.91 bits per heavy atom. The van der Waals surface area contributed by atoms with Crippen LogP contribution in [0, 0.1) is 17.3 Å². The molecule has 0 aliphatic heterocycles. The van der Waals surface area contributed by atoms with Gasteiger partial charge in [0.1, 0.15) is 0 Å². The summed E-state index contributed by atoms with van der Waals surface area (Å²) in [5.74, 6) is 1.36. The zero-order chi connectivity index (χ0) is 16.6. The first-order valence-corrected chi connectivity index (χ1v) is 8.62. The standard InChI is InChI=1S/C17H21N3O2S/c1-10(2)7-12-14(17(12,3)4)15(21)18-8-13-19-16(22-20-13)11-5-6-23-9-11/h5-7,9,12,14H,8H2,1-4H3,(H,18,21)/t12-,14+/m0/s1. The smallest absolute Gasteiger partial charge is 0.258 e. The second-order valence-corrected chi connectivity index (χ2v) is 7.59. The van der Waals surface area contributed by atoms with E-state index in [-0.39, 0.29) is 17.2 Å². The molecule has 0 radical (unpaired) electrons. The van der Waals surface area contributed by atoms with Crippen LogP contribution in [0.15, 0.2) is 33.0 Å². The summed E-state index contributed by atoms with van der Waals surface area (Å²) in [6.07, 6.45) is 2.19. The van der Waals surface area contributed by atoms with Gasteiger partial charge >= 0.3 is 0 Å². The average molecular weight is 331 g/mol. The number of rotatable bonds is 5. The summed E-state index contributed by atoms with van der Waals surface area (Å²) in [4.78, 5) is 16.7. The number of amides is 1. The fourth-order valence-electron chi connectivity index (χ4n) is 2.95. The molecule has 2 aromatic heterocycles. The number of carbonyl (C=O) groups is 1. The molecule has 1 saturated carbocycles. The summed E-state index contributed by atoms with van der Waals surface area (Å²) in [6, 6.07) is 1.93. The fourth-order valence-corrected chi connectivity index (χ4v) is 3.58. The predicted octanol–water partition coefficient (Wildman–Crippen LogP) is 3.65. The Morgan fingerprint density at radius 1 is 1.48 bits per heavy atom. The molecule has 6 heteroatoms. The number of carbonyl (C=O) groups excluding carboxylic acids is 1. The topological polar surface area (TPSA) is 68.0 Å². The molecule has 0 aromatic carbocycles. The van der Waals surface area contributed by atoms with Crippen LogP contribution in [0.3, 0.4) is 0 Å². The van der Waals surface area contributed by atoms with E-state index in [4.69, 9.17) is 4.52 Å². The minimum Gasteiger partial charge on any atom is -0.348 e. The van der Waals surface area contributed by atoms with E-state index in [1.165, 1.54) is 5.57 Å². The zero-order valence-electron chi connectivity index (χ0n) is 13.8. The molecular weight excluding hydrogens is 310 g/mol. The van der Waals surface area contributed by atoms with Crippen molar-refractivity contribution in [2.75, 3.05) is 0 Å². The highest BCUT2D eigenvalue weighted by Gasteiger charge is 2.60. The largest absolute Gasteiger partial charge is 0.348 e. The normalized spacial score (nSPS) is 21.7. The third kappa shape index (κ3) is 3.22. The second kappa shape index (κ2) is 5.92. The first kappa shape index (κ1) is 15.9. The van der Waals surface area contributed by atoms with Crippen molar-refractivity contribution in [3.05, 3.63) is 34.3 Å². The maximum absolute atomic E-state index is 12.4. The van der Waals surface area contributed by atoms with Gasteiger partial charge in [-0.2, -0.15) is 16.3 Å². The van der Waals surface area contributed by atoms with Gasteiger partial charge in [-0.25, -0.2) is 0 Å². The number of allylic oxidation sites excluding steroid dienone is 2. The van der Waals surface area contributed by atoms with Crippen molar-refractivity contribution in [3.63, 3.8) is 0 Å². The molecule has 0 saturated heterocycles. The van der Waals surface area contributed by atoms with Gasteiger partial charge < -0.3 is 9.84 Å². The van der Waals surface area contributed by atoms with E-state index in [1.54, 1.807) is 11.3 Å². The van der Waals surface area contributed by atoms with Crippen molar-refractivity contribution in [2.45, 2.75) is 34.2 Å². The van der Waals surface area contributed by atoms with E-state index < -0.39 is 0 Å². The molecule has 1 fully saturated rings. The van der Waals surface area contributed by atoms with Crippen molar-refractivity contribution in [1.82, 2.24) is 15.5 Å². The van der Waals surface area contributed by atoms with Crippen LogP contribution in [0.4, 0.5) is 0 Å². The Labute approximate surface area is 139 Å². The minimum atomic E-state index is 0.0143. The fraction of sp³-hybridized carbons (Fsp3) is 0.471. The molecule has 122 valence electrons. The third-order valence-corrected chi connectivity index (χ3v) is 5.05. The Kier molecular flexibility index (Phi) is 4.10. The number of nitrogens with one attached hydrogen (secondary N) is 1. The summed E-state index contributed by atoms with van der Waals surface area (Å²) >= 11 is 1.58. The molecule has 1 aliphatic carbocycles. The van der Waals surface area contributed by atoms with E-state index in [1.807, 2.05) is 16.8 Å². The van der Waals surface area contributed by atoms with Crippen molar-refractivity contribution in [2.24, 2.45) is 17.3 Å². The highest BCUT2D eigenvalue weighted by atomic mass is 32.1. The molecule has 2 heterocycles. The first-order valence-electron chi connectivity index (χ1n) is 7.67. The van der Waals surface area contributed by atoms with E-state index in [2.05, 4.69) is 49.2 Å². The predicted molar refractivity (Wildman–Crippen MR) is 89.6 cm³/mol. The van der Waals surface area contributed by atoms with E-state index >= 15 is 0 Å². The number of aromatic nitrogens is 2. The highest BCUT2D eigenvalue weighted by molar-refractivity contribution is 7.08. The lowest BCUT2D eigenvalue weighted by molar-refractivity contribution is -0.123. The van der Waals surface area contributed by atoms with Crippen LogP contribution in [0.25, 0.3) is 11.5 Å². The monoisotopic (exact) mass is 331 g/mol. The van der Waals surface area contributed by atoms with Gasteiger partial charge in [0, 0.05) is 5.38 Å². The van der Waals surface area contributed by atoms with Crippen LogP contribution in [0.5, 0.6) is 0 Å². The van der Waals surface area contributed by atoms with Crippen molar-refractivity contribution >= 4 is 17.2 Å². The van der Waals surface area contributed by atoms with Gasteiger partial charge in [-0.1, -0.05) is 30.7 Å². The van der Waals surface area contributed by atoms with Gasteiger partial charge in [-0.05, 0) is 36.6 Å².